The largest absolute Gasteiger partial charge is 0.628 e. The summed E-state index contributed by atoms with van der Waals surface area (Å²) in [5.74, 6) is 0.290. The topological polar surface area (TPSA) is 87.4 Å². The van der Waals surface area contributed by atoms with Gasteiger partial charge in [0, 0.05) is 11.8 Å². The maximum atomic E-state index is 11.9. The summed E-state index contributed by atoms with van der Waals surface area (Å²) in [6, 6.07) is 16.1. The summed E-state index contributed by atoms with van der Waals surface area (Å²) in [6.45, 7) is 0. The van der Waals surface area contributed by atoms with E-state index in [2.05, 4.69) is 9.97 Å². The molecule has 3 rings (SSSR count). The van der Waals surface area contributed by atoms with Gasteiger partial charge in [-0.1, -0.05) is 48.5 Å². The second-order valence-corrected chi connectivity index (χ2v) is 8.10. The van der Waals surface area contributed by atoms with Crippen LogP contribution in [0.4, 0.5) is 5.82 Å². The number of benzene rings is 2. The third-order valence-corrected chi connectivity index (χ3v) is 5.07. The summed E-state index contributed by atoms with van der Waals surface area (Å²) < 4.78 is 23.2. The number of hydrogen-bond acceptors (Lipinski definition) is 5. The maximum absolute atomic E-state index is 11.9. The van der Waals surface area contributed by atoms with Gasteiger partial charge < -0.3 is 10.3 Å². The van der Waals surface area contributed by atoms with Crippen molar-refractivity contribution in [3.8, 4) is 11.3 Å². The van der Waals surface area contributed by atoms with Gasteiger partial charge in [0.05, 0.1) is 23.8 Å². The van der Waals surface area contributed by atoms with Crippen molar-refractivity contribution < 1.29 is 13.5 Å². The van der Waals surface area contributed by atoms with E-state index in [4.69, 9.17) is 0 Å². The van der Waals surface area contributed by atoms with Gasteiger partial charge in [-0.25, -0.2) is 18.4 Å². The highest BCUT2D eigenvalue weighted by atomic mass is 32.2. The Morgan fingerprint density at radius 3 is 2.26 bits per heavy atom. The molecule has 6 nitrogen and oxygen atoms in total. The average molecular weight is 381 g/mol. The van der Waals surface area contributed by atoms with E-state index in [9.17, 15) is 13.6 Å². The Morgan fingerprint density at radius 2 is 1.67 bits per heavy atom. The lowest BCUT2D eigenvalue weighted by molar-refractivity contribution is -0.754. The zero-order chi connectivity index (χ0) is 19.4. The molecule has 0 aliphatic carbocycles. The van der Waals surface area contributed by atoms with Crippen LogP contribution in [0.3, 0.4) is 0 Å². The molecule has 1 N–H and O–H groups in total. The number of quaternary nitrogens is 1. The minimum absolute atomic E-state index is 0.172. The number of nitrogens with one attached hydrogen (secondary N) is 1. The van der Waals surface area contributed by atoms with Crippen molar-refractivity contribution in [2.45, 2.75) is 4.90 Å². The van der Waals surface area contributed by atoms with Crippen LogP contribution in [0.1, 0.15) is 11.3 Å². The fourth-order valence-electron chi connectivity index (χ4n) is 2.54. The number of hydroxylamine groups is 1. The minimum Gasteiger partial charge on any atom is -0.628 e. The third kappa shape index (κ3) is 4.65. The molecule has 0 fully saturated rings. The molecule has 138 valence electrons. The van der Waals surface area contributed by atoms with E-state index in [0.29, 0.717) is 17.2 Å². The first kappa shape index (κ1) is 18.9. The molecular weight excluding hydrogens is 362 g/mol. The SMILES string of the molecule is C[NH+]([O-])c1ncc(-c2ccc(S(C)(=O)=O)cc2)nc1/C=C/c1ccccc1. The van der Waals surface area contributed by atoms with E-state index >= 15 is 0 Å². The summed E-state index contributed by atoms with van der Waals surface area (Å²) in [5, 5.41) is 11.7. The molecule has 0 amide bonds. The summed E-state index contributed by atoms with van der Waals surface area (Å²) in [5.41, 5.74) is 2.74. The van der Waals surface area contributed by atoms with Crippen molar-refractivity contribution in [1.29, 1.82) is 0 Å². The molecular formula is C20H19N3O3S. The van der Waals surface area contributed by atoms with Crippen LogP contribution in [-0.2, 0) is 9.84 Å². The number of sulfone groups is 1. The number of hydrogen-bond donors (Lipinski definition) is 1. The van der Waals surface area contributed by atoms with Crippen molar-refractivity contribution in [2.24, 2.45) is 0 Å². The van der Waals surface area contributed by atoms with Crippen LogP contribution in [0.25, 0.3) is 23.4 Å². The Morgan fingerprint density at radius 1 is 1.00 bits per heavy atom. The molecule has 0 saturated heterocycles. The Kier molecular flexibility index (Phi) is 5.46. The molecule has 3 aromatic rings. The fraction of sp³-hybridized carbons (Fsp3) is 0.100. The molecule has 0 saturated carbocycles. The zero-order valence-corrected chi connectivity index (χ0v) is 15.8. The van der Waals surface area contributed by atoms with Crippen LogP contribution in [0.5, 0.6) is 0 Å². The minimum atomic E-state index is -3.26. The van der Waals surface area contributed by atoms with E-state index in [-0.39, 0.29) is 9.96 Å². The molecule has 2 aromatic carbocycles. The fourth-order valence-corrected chi connectivity index (χ4v) is 3.17. The van der Waals surface area contributed by atoms with E-state index in [1.807, 2.05) is 36.4 Å². The Labute approximate surface area is 158 Å². The molecule has 0 bridgehead atoms. The average Bonchev–Trinajstić information content (AvgIpc) is 2.66. The van der Waals surface area contributed by atoms with Gasteiger partial charge in [0.25, 0.3) is 5.82 Å². The van der Waals surface area contributed by atoms with Crippen LogP contribution < -0.4 is 5.06 Å². The predicted octanol–water partition coefficient (Wildman–Crippen LogP) is 2.36. The monoisotopic (exact) mass is 381 g/mol. The summed E-state index contributed by atoms with van der Waals surface area (Å²) in [7, 11) is -1.81. The van der Waals surface area contributed by atoms with Gasteiger partial charge in [0.15, 0.2) is 9.84 Å². The molecule has 1 atom stereocenters. The summed E-state index contributed by atoms with van der Waals surface area (Å²) in [6.07, 6.45) is 6.31. The molecule has 0 aliphatic heterocycles. The van der Waals surface area contributed by atoms with E-state index in [0.717, 1.165) is 17.4 Å². The molecule has 1 unspecified atom stereocenters. The van der Waals surface area contributed by atoms with Crippen LogP contribution in [0.2, 0.25) is 0 Å². The van der Waals surface area contributed by atoms with E-state index < -0.39 is 9.84 Å². The van der Waals surface area contributed by atoms with Crippen molar-refractivity contribution in [2.75, 3.05) is 13.3 Å². The van der Waals surface area contributed by atoms with Gasteiger partial charge in [0.2, 0.25) is 0 Å². The van der Waals surface area contributed by atoms with Gasteiger partial charge in [-0.3, -0.25) is 0 Å². The first-order chi connectivity index (χ1) is 12.8. The van der Waals surface area contributed by atoms with Gasteiger partial charge in [-0.2, -0.15) is 0 Å². The molecule has 0 aliphatic rings. The lowest BCUT2D eigenvalue weighted by atomic mass is 10.1. The standard InChI is InChI=1S/C20H19N3O3S/c1-23(24)20-18(13-8-15-6-4-3-5-7-15)22-19(14-21-20)16-9-11-17(12-10-16)27(2,25)26/h3-14,23H,1-2H3/b13-8+. The van der Waals surface area contributed by atoms with Gasteiger partial charge in [-0.05, 0) is 23.8 Å². The molecule has 0 radical (unpaired) electrons. The lowest BCUT2D eigenvalue weighted by Gasteiger charge is -2.16. The van der Waals surface area contributed by atoms with Gasteiger partial charge in [0.1, 0.15) is 5.69 Å². The summed E-state index contributed by atoms with van der Waals surface area (Å²) >= 11 is 0. The number of nitrogens with zero attached hydrogens (tertiary/aromatic N) is 2. The van der Waals surface area contributed by atoms with Crippen molar-refractivity contribution in [1.82, 2.24) is 9.97 Å². The van der Waals surface area contributed by atoms with Crippen LogP contribution in [-0.4, -0.2) is 31.7 Å². The molecule has 0 spiro atoms. The van der Waals surface area contributed by atoms with E-state index in [1.54, 1.807) is 18.2 Å². The highest BCUT2D eigenvalue weighted by Gasteiger charge is 2.12. The first-order valence-corrected chi connectivity index (χ1v) is 10.2. The number of aromatic nitrogens is 2. The van der Waals surface area contributed by atoms with Crippen molar-refractivity contribution in [3.63, 3.8) is 0 Å². The Bertz CT molecular complexity index is 1060. The van der Waals surface area contributed by atoms with Crippen LogP contribution in [0.15, 0.2) is 65.7 Å². The zero-order valence-electron chi connectivity index (χ0n) is 15.0. The predicted molar refractivity (Wildman–Crippen MR) is 106 cm³/mol. The smallest absolute Gasteiger partial charge is 0.252 e. The summed E-state index contributed by atoms with van der Waals surface area (Å²) in [4.78, 5) is 9.05. The van der Waals surface area contributed by atoms with Crippen LogP contribution >= 0.6 is 0 Å². The molecule has 1 heterocycles. The lowest BCUT2D eigenvalue weighted by Crippen LogP contribution is -2.98. The van der Waals surface area contributed by atoms with E-state index in [1.165, 1.54) is 25.4 Å². The Hall–Kier alpha value is -2.87. The van der Waals surface area contributed by atoms with Crippen molar-refractivity contribution in [3.05, 3.63) is 77.3 Å². The maximum Gasteiger partial charge on any atom is 0.252 e. The van der Waals surface area contributed by atoms with Crippen LogP contribution in [0, 0.1) is 5.21 Å². The second-order valence-electron chi connectivity index (χ2n) is 6.09. The second kappa shape index (κ2) is 7.79. The quantitative estimate of drug-likeness (QED) is 0.686. The van der Waals surface area contributed by atoms with Gasteiger partial charge in [-0.15, -0.1) is 0 Å². The highest BCUT2D eigenvalue weighted by Crippen LogP contribution is 2.21. The first-order valence-electron chi connectivity index (χ1n) is 8.26. The van der Waals surface area contributed by atoms with Gasteiger partial charge >= 0.3 is 0 Å². The molecule has 27 heavy (non-hydrogen) atoms. The normalized spacial score (nSPS) is 13.0. The molecule has 1 aromatic heterocycles. The van der Waals surface area contributed by atoms with Crippen molar-refractivity contribution >= 4 is 27.8 Å². The Balaban J connectivity index is 1.99. The number of rotatable bonds is 5. The third-order valence-electron chi connectivity index (χ3n) is 3.94. The highest BCUT2D eigenvalue weighted by molar-refractivity contribution is 7.90. The molecule has 7 heteroatoms.